The summed E-state index contributed by atoms with van der Waals surface area (Å²) in [6, 6.07) is 9.38. The molecule has 2 unspecified atom stereocenters. The fraction of sp³-hybridized carbons (Fsp3) is 0.538. The maximum Gasteiger partial charge on any atom is 0.0178 e. The van der Waals surface area contributed by atoms with Crippen LogP contribution in [0.4, 0.5) is 0 Å². The van der Waals surface area contributed by atoms with Gasteiger partial charge in [0.15, 0.2) is 0 Å². The molecule has 0 aliphatic carbocycles. The Balaban J connectivity index is 2.08. The molecule has 3 N–H and O–H groups in total. The van der Waals surface area contributed by atoms with Crippen LogP contribution in [-0.2, 0) is 6.54 Å². The Bertz CT molecular complexity index is 314. The van der Waals surface area contributed by atoms with E-state index in [1.165, 1.54) is 24.0 Å². The summed E-state index contributed by atoms with van der Waals surface area (Å²) in [7, 11) is 0. The number of piperidine rings is 1. The zero-order valence-corrected chi connectivity index (χ0v) is 9.37. The Kier molecular flexibility index (Phi) is 3.39. The van der Waals surface area contributed by atoms with Crippen LogP contribution in [-0.4, -0.2) is 12.6 Å². The van der Waals surface area contributed by atoms with Gasteiger partial charge in [-0.1, -0.05) is 24.3 Å². The Morgan fingerprint density at radius 3 is 2.93 bits per heavy atom. The Morgan fingerprint density at radius 2 is 2.27 bits per heavy atom. The molecule has 0 radical (unpaired) electrons. The quantitative estimate of drug-likeness (QED) is 0.773. The highest BCUT2D eigenvalue weighted by atomic mass is 14.9. The van der Waals surface area contributed by atoms with Crippen LogP contribution in [0.5, 0.6) is 0 Å². The summed E-state index contributed by atoms with van der Waals surface area (Å²) in [4.78, 5) is 0. The third kappa shape index (κ3) is 2.58. The fourth-order valence-corrected chi connectivity index (χ4v) is 2.26. The Hall–Kier alpha value is -0.860. The highest BCUT2D eigenvalue weighted by Crippen LogP contribution is 2.25. The van der Waals surface area contributed by atoms with E-state index in [1.807, 2.05) is 0 Å². The maximum absolute atomic E-state index is 5.65. The Labute approximate surface area is 91.9 Å². The van der Waals surface area contributed by atoms with Crippen molar-refractivity contribution in [2.45, 2.75) is 38.3 Å². The molecule has 0 aromatic heterocycles. The van der Waals surface area contributed by atoms with Gasteiger partial charge in [0, 0.05) is 19.1 Å². The number of nitrogens with one attached hydrogen (secondary N) is 1. The number of hydrogen-bond donors (Lipinski definition) is 2. The van der Waals surface area contributed by atoms with Gasteiger partial charge in [0.25, 0.3) is 0 Å². The molecule has 1 aromatic carbocycles. The summed E-state index contributed by atoms with van der Waals surface area (Å²) in [5.41, 5.74) is 8.34. The summed E-state index contributed by atoms with van der Waals surface area (Å²) in [5.74, 6) is 0.674. The minimum Gasteiger partial charge on any atom is -0.326 e. The molecular weight excluding hydrogens is 184 g/mol. The van der Waals surface area contributed by atoms with Crippen LogP contribution >= 0.6 is 0 Å². The maximum atomic E-state index is 5.65. The van der Waals surface area contributed by atoms with E-state index in [0.717, 1.165) is 6.54 Å². The first-order valence-electron chi connectivity index (χ1n) is 5.82. The smallest absolute Gasteiger partial charge is 0.0178 e. The van der Waals surface area contributed by atoms with Crippen molar-refractivity contribution in [2.75, 3.05) is 6.54 Å². The fourth-order valence-electron chi connectivity index (χ4n) is 2.26. The van der Waals surface area contributed by atoms with Gasteiger partial charge in [0.2, 0.25) is 0 Å². The van der Waals surface area contributed by atoms with Crippen LogP contribution in [0, 0.1) is 0 Å². The highest BCUT2D eigenvalue weighted by Gasteiger charge is 2.18. The van der Waals surface area contributed by atoms with Crippen LogP contribution in [0.2, 0.25) is 0 Å². The van der Waals surface area contributed by atoms with E-state index in [2.05, 4.69) is 36.5 Å². The molecule has 1 aromatic rings. The SMILES string of the molecule is CC1CCC(c2cccc(CN)c2)CN1. The minimum atomic E-state index is 0.643. The molecule has 0 spiro atoms. The molecule has 1 aliphatic heterocycles. The van der Waals surface area contributed by atoms with Crippen LogP contribution in [0.1, 0.15) is 36.8 Å². The van der Waals surface area contributed by atoms with Crippen molar-refractivity contribution in [3.63, 3.8) is 0 Å². The standard InChI is InChI=1S/C13H20N2/c1-10-5-6-13(9-15-10)12-4-2-3-11(7-12)8-14/h2-4,7,10,13,15H,5-6,8-9,14H2,1H3. The average Bonchev–Trinajstić information content (AvgIpc) is 2.30. The third-order valence-electron chi connectivity index (χ3n) is 3.32. The summed E-state index contributed by atoms with van der Waals surface area (Å²) in [6.45, 7) is 4.01. The normalized spacial score (nSPS) is 26.5. The van der Waals surface area contributed by atoms with Crippen molar-refractivity contribution in [2.24, 2.45) is 5.73 Å². The predicted octanol–water partition coefficient (Wildman–Crippen LogP) is 2.00. The summed E-state index contributed by atoms with van der Waals surface area (Å²) in [5, 5.41) is 3.54. The third-order valence-corrected chi connectivity index (χ3v) is 3.32. The molecule has 1 heterocycles. The highest BCUT2D eigenvalue weighted by molar-refractivity contribution is 5.27. The van der Waals surface area contributed by atoms with Gasteiger partial charge in [0.1, 0.15) is 0 Å². The van der Waals surface area contributed by atoms with Crippen molar-refractivity contribution < 1.29 is 0 Å². The number of hydrogen-bond acceptors (Lipinski definition) is 2. The molecule has 2 nitrogen and oxygen atoms in total. The van der Waals surface area contributed by atoms with Gasteiger partial charge in [-0.15, -0.1) is 0 Å². The van der Waals surface area contributed by atoms with Crippen molar-refractivity contribution in [1.29, 1.82) is 0 Å². The number of benzene rings is 1. The van der Waals surface area contributed by atoms with E-state index in [-0.39, 0.29) is 0 Å². The molecule has 2 heteroatoms. The summed E-state index contributed by atoms with van der Waals surface area (Å²) >= 11 is 0. The zero-order valence-electron chi connectivity index (χ0n) is 9.37. The molecule has 82 valence electrons. The van der Waals surface area contributed by atoms with Crippen LogP contribution in [0.25, 0.3) is 0 Å². The molecule has 0 saturated carbocycles. The second-order valence-electron chi connectivity index (χ2n) is 4.53. The minimum absolute atomic E-state index is 0.643. The van der Waals surface area contributed by atoms with E-state index in [4.69, 9.17) is 5.73 Å². The van der Waals surface area contributed by atoms with Crippen molar-refractivity contribution in [1.82, 2.24) is 5.32 Å². The topological polar surface area (TPSA) is 38.0 Å². The predicted molar refractivity (Wildman–Crippen MR) is 63.8 cm³/mol. The van der Waals surface area contributed by atoms with Crippen molar-refractivity contribution >= 4 is 0 Å². The summed E-state index contributed by atoms with van der Waals surface area (Å²) < 4.78 is 0. The molecule has 1 fully saturated rings. The Morgan fingerprint density at radius 1 is 1.40 bits per heavy atom. The van der Waals surface area contributed by atoms with Gasteiger partial charge in [-0.25, -0.2) is 0 Å². The van der Waals surface area contributed by atoms with Gasteiger partial charge in [-0.05, 0) is 36.8 Å². The van der Waals surface area contributed by atoms with E-state index >= 15 is 0 Å². The first-order chi connectivity index (χ1) is 7.29. The molecule has 15 heavy (non-hydrogen) atoms. The molecule has 2 atom stereocenters. The zero-order chi connectivity index (χ0) is 10.7. The van der Waals surface area contributed by atoms with Crippen molar-refractivity contribution in [3.8, 4) is 0 Å². The molecule has 1 saturated heterocycles. The van der Waals surface area contributed by atoms with Gasteiger partial charge in [-0.2, -0.15) is 0 Å². The van der Waals surface area contributed by atoms with Gasteiger partial charge < -0.3 is 11.1 Å². The lowest BCUT2D eigenvalue weighted by molar-refractivity contribution is 0.385. The molecular formula is C13H20N2. The molecule has 0 bridgehead atoms. The first-order valence-corrected chi connectivity index (χ1v) is 5.82. The van der Waals surface area contributed by atoms with E-state index in [1.54, 1.807) is 0 Å². The van der Waals surface area contributed by atoms with E-state index in [9.17, 15) is 0 Å². The van der Waals surface area contributed by atoms with Gasteiger partial charge in [-0.3, -0.25) is 0 Å². The average molecular weight is 204 g/mol. The van der Waals surface area contributed by atoms with E-state index < -0.39 is 0 Å². The number of rotatable bonds is 2. The molecule has 0 amide bonds. The largest absolute Gasteiger partial charge is 0.326 e. The van der Waals surface area contributed by atoms with E-state index in [0.29, 0.717) is 18.5 Å². The van der Waals surface area contributed by atoms with Crippen molar-refractivity contribution in [3.05, 3.63) is 35.4 Å². The van der Waals surface area contributed by atoms with Gasteiger partial charge in [0.05, 0.1) is 0 Å². The van der Waals surface area contributed by atoms with Crippen LogP contribution in [0.15, 0.2) is 24.3 Å². The second kappa shape index (κ2) is 4.77. The summed E-state index contributed by atoms with van der Waals surface area (Å²) in [6.07, 6.45) is 2.57. The number of nitrogens with two attached hydrogens (primary N) is 1. The lowest BCUT2D eigenvalue weighted by Crippen LogP contribution is -2.35. The monoisotopic (exact) mass is 204 g/mol. The second-order valence-corrected chi connectivity index (χ2v) is 4.53. The van der Waals surface area contributed by atoms with Gasteiger partial charge >= 0.3 is 0 Å². The van der Waals surface area contributed by atoms with Crippen LogP contribution in [0.3, 0.4) is 0 Å². The molecule has 1 aliphatic rings. The first kappa shape index (κ1) is 10.7. The van der Waals surface area contributed by atoms with Crippen LogP contribution < -0.4 is 11.1 Å². The molecule has 2 rings (SSSR count). The lowest BCUT2D eigenvalue weighted by atomic mass is 9.88. The lowest BCUT2D eigenvalue weighted by Gasteiger charge is -2.28.